The van der Waals surface area contributed by atoms with Crippen molar-refractivity contribution in [3.8, 4) is 17.0 Å². The van der Waals surface area contributed by atoms with Crippen molar-refractivity contribution in [3.05, 3.63) is 102 Å². The first-order valence-corrected chi connectivity index (χ1v) is 10.2. The van der Waals surface area contributed by atoms with Crippen molar-refractivity contribution >= 4 is 0 Å². The van der Waals surface area contributed by atoms with Crippen LogP contribution in [0, 0.1) is 5.41 Å². The Kier molecular flexibility index (Phi) is 5.66. The van der Waals surface area contributed by atoms with Crippen LogP contribution in [0.3, 0.4) is 0 Å². The Morgan fingerprint density at radius 1 is 0.833 bits per heavy atom. The molecule has 2 aromatic carbocycles. The van der Waals surface area contributed by atoms with Crippen molar-refractivity contribution in [2.75, 3.05) is 0 Å². The number of pyridine rings is 1. The molecule has 1 unspecified atom stereocenters. The number of nitrogens with one attached hydrogen (secondary N) is 1. The summed E-state index contributed by atoms with van der Waals surface area (Å²) in [5.74, 6) is 1.13. The maximum absolute atomic E-state index is 5.90. The fraction of sp³-hybridized carbons (Fsp3) is 0.231. The Morgan fingerprint density at radius 2 is 1.53 bits per heavy atom. The monoisotopic (exact) mass is 397 g/mol. The molecule has 0 aliphatic rings. The van der Waals surface area contributed by atoms with Crippen molar-refractivity contribution < 1.29 is 4.74 Å². The molecule has 152 valence electrons. The van der Waals surface area contributed by atoms with E-state index in [1.54, 1.807) is 12.4 Å². The number of rotatable bonds is 6. The molecule has 0 aliphatic heterocycles. The van der Waals surface area contributed by atoms with Crippen LogP contribution in [0.5, 0.6) is 5.75 Å². The van der Waals surface area contributed by atoms with Gasteiger partial charge in [-0.3, -0.25) is 10.1 Å². The molecule has 4 heteroatoms. The van der Waals surface area contributed by atoms with Crippen molar-refractivity contribution in [3.63, 3.8) is 0 Å². The Labute approximate surface area is 178 Å². The summed E-state index contributed by atoms with van der Waals surface area (Å²) in [4.78, 5) is 4.31. The second-order valence-corrected chi connectivity index (χ2v) is 8.57. The van der Waals surface area contributed by atoms with Crippen LogP contribution < -0.4 is 4.74 Å². The normalized spacial score (nSPS) is 12.5. The number of aromatic nitrogens is 3. The van der Waals surface area contributed by atoms with Gasteiger partial charge in [-0.15, -0.1) is 0 Å². The molecule has 0 spiro atoms. The minimum atomic E-state index is 0.0752. The molecule has 0 fully saturated rings. The summed E-state index contributed by atoms with van der Waals surface area (Å²) >= 11 is 0. The van der Waals surface area contributed by atoms with E-state index >= 15 is 0 Å². The molecule has 0 saturated heterocycles. The number of aromatic amines is 1. The van der Waals surface area contributed by atoms with E-state index in [1.165, 1.54) is 11.1 Å². The van der Waals surface area contributed by atoms with Crippen LogP contribution in [0.15, 0.2) is 85.2 Å². The van der Waals surface area contributed by atoms with E-state index in [1.807, 2.05) is 24.3 Å². The molecule has 4 aromatic rings. The molecule has 0 saturated carbocycles. The first-order chi connectivity index (χ1) is 14.5. The average molecular weight is 398 g/mol. The molecule has 30 heavy (non-hydrogen) atoms. The molecule has 2 aromatic heterocycles. The van der Waals surface area contributed by atoms with Gasteiger partial charge in [0.25, 0.3) is 0 Å². The molecule has 1 N–H and O–H groups in total. The van der Waals surface area contributed by atoms with Gasteiger partial charge in [0.1, 0.15) is 12.4 Å². The zero-order valence-electron chi connectivity index (χ0n) is 17.7. The fourth-order valence-corrected chi connectivity index (χ4v) is 3.86. The van der Waals surface area contributed by atoms with E-state index in [0.29, 0.717) is 6.61 Å². The minimum Gasteiger partial charge on any atom is -0.487 e. The smallest absolute Gasteiger partial charge is 0.130 e. The maximum atomic E-state index is 5.90. The van der Waals surface area contributed by atoms with Gasteiger partial charge in [-0.2, -0.15) is 5.10 Å². The number of H-pyrrole nitrogens is 1. The number of nitrogens with zero attached hydrogens (tertiary/aromatic N) is 2. The number of hydrogen-bond acceptors (Lipinski definition) is 3. The van der Waals surface area contributed by atoms with E-state index < -0.39 is 0 Å². The molecule has 0 bridgehead atoms. The van der Waals surface area contributed by atoms with Crippen LogP contribution in [-0.4, -0.2) is 15.2 Å². The number of benzene rings is 2. The van der Waals surface area contributed by atoms with Gasteiger partial charge in [-0.05, 0) is 52.4 Å². The predicted molar refractivity (Wildman–Crippen MR) is 120 cm³/mol. The molecule has 4 rings (SSSR count). The molecule has 2 heterocycles. The standard InChI is InChI=1S/C26H27N3O/c1-26(2,3)25(20-9-7-19(8-10-20)24-15-17-28-29-24)21-11-13-23(14-12-21)30-18-22-6-4-5-16-27-22/h4-17,25H,18H2,1-3H3,(H,28,29). The lowest BCUT2D eigenvalue weighted by Crippen LogP contribution is -2.19. The summed E-state index contributed by atoms with van der Waals surface area (Å²) < 4.78 is 5.90. The van der Waals surface area contributed by atoms with Crippen LogP contribution in [0.1, 0.15) is 43.5 Å². The van der Waals surface area contributed by atoms with Gasteiger partial charge in [0.15, 0.2) is 0 Å². The fourth-order valence-electron chi connectivity index (χ4n) is 3.86. The highest BCUT2D eigenvalue weighted by atomic mass is 16.5. The van der Waals surface area contributed by atoms with Gasteiger partial charge in [-0.25, -0.2) is 0 Å². The van der Waals surface area contributed by atoms with Gasteiger partial charge in [0, 0.05) is 18.3 Å². The van der Waals surface area contributed by atoms with Gasteiger partial charge >= 0.3 is 0 Å². The van der Waals surface area contributed by atoms with Crippen LogP contribution in [0.25, 0.3) is 11.3 Å². The summed E-state index contributed by atoms with van der Waals surface area (Å²) in [5, 5.41) is 7.07. The lowest BCUT2D eigenvalue weighted by Gasteiger charge is -2.32. The lowest BCUT2D eigenvalue weighted by molar-refractivity contribution is 0.301. The lowest BCUT2D eigenvalue weighted by atomic mass is 9.72. The first kappa shape index (κ1) is 19.9. The van der Waals surface area contributed by atoms with Crippen LogP contribution in [0.4, 0.5) is 0 Å². The third-order valence-corrected chi connectivity index (χ3v) is 5.25. The van der Waals surface area contributed by atoms with Crippen molar-refractivity contribution in [2.45, 2.75) is 33.3 Å². The Hall–Kier alpha value is -3.40. The van der Waals surface area contributed by atoms with Gasteiger partial charge in [0.05, 0.1) is 11.4 Å². The molecule has 0 amide bonds. The highest BCUT2D eigenvalue weighted by Crippen LogP contribution is 2.41. The summed E-state index contributed by atoms with van der Waals surface area (Å²) in [5.41, 5.74) is 5.75. The van der Waals surface area contributed by atoms with Crippen molar-refractivity contribution in [1.82, 2.24) is 15.2 Å². The Bertz CT molecular complexity index is 1050. The third kappa shape index (κ3) is 4.60. The molecular formula is C26H27N3O. The quantitative estimate of drug-likeness (QED) is 0.420. The average Bonchev–Trinajstić information content (AvgIpc) is 3.29. The van der Waals surface area contributed by atoms with Crippen molar-refractivity contribution in [2.24, 2.45) is 5.41 Å². The van der Waals surface area contributed by atoms with Crippen LogP contribution >= 0.6 is 0 Å². The highest BCUT2D eigenvalue weighted by molar-refractivity contribution is 5.59. The van der Waals surface area contributed by atoms with E-state index in [9.17, 15) is 0 Å². The highest BCUT2D eigenvalue weighted by Gasteiger charge is 2.28. The summed E-state index contributed by atoms with van der Waals surface area (Å²) in [6.07, 6.45) is 3.56. The SMILES string of the molecule is CC(C)(C)C(c1ccc(OCc2ccccn2)cc1)c1ccc(-c2ccn[nH]2)cc1. The third-order valence-electron chi connectivity index (χ3n) is 5.25. The number of hydrogen-bond donors (Lipinski definition) is 1. The van der Waals surface area contributed by atoms with Crippen LogP contribution in [0.2, 0.25) is 0 Å². The molecule has 1 atom stereocenters. The van der Waals surface area contributed by atoms with E-state index in [2.05, 4.69) is 84.5 Å². The first-order valence-electron chi connectivity index (χ1n) is 10.2. The molecular weight excluding hydrogens is 370 g/mol. The molecule has 0 radical (unpaired) electrons. The second-order valence-electron chi connectivity index (χ2n) is 8.57. The summed E-state index contributed by atoms with van der Waals surface area (Å²) in [7, 11) is 0. The van der Waals surface area contributed by atoms with E-state index in [4.69, 9.17) is 4.74 Å². The zero-order valence-corrected chi connectivity index (χ0v) is 17.7. The van der Waals surface area contributed by atoms with Gasteiger partial charge in [0.2, 0.25) is 0 Å². The Balaban J connectivity index is 1.54. The van der Waals surface area contributed by atoms with Crippen LogP contribution in [-0.2, 0) is 6.61 Å². The maximum Gasteiger partial charge on any atom is 0.130 e. The largest absolute Gasteiger partial charge is 0.487 e. The van der Waals surface area contributed by atoms with E-state index in [0.717, 1.165) is 22.7 Å². The van der Waals surface area contributed by atoms with Crippen molar-refractivity contribution in [1.29, 1.82) is 0 Å². The summed E-state index contributed by atoms with van der Waals surface area (Å²) in [6, 6.07) is 25.0. The second kappa shape index (κ2) is 8.54. The van der Waals surface area contributed by atoms with Gasteiger partial charge < -0.3 is 4.74 Å². The minimum absolute atomic E-state index is 0.0752. The van der Waals surface area contributed by atoms with E-state index in [-0.39, 0.29) is 11.3 Å². The Morgan fingerprint density at radius 3 is 2.10 bits per heavy atom. The predicted octanol–water partition coefficient (Wildman–Crippen LogP) is 6.23. The number of ether oxygens (including phenoxy) is 1. The topological polar surface area (TPSA) is 50.8 Å². The molecule has 0 aliphatic carbocycles. The van der Waals surface area contributed by atoms with Gasteiger partial charge in [-0.1, -0.05) is 63.2 Å². The molecule has 4 nitrogen and oxygen atoms in total. The summed E-state index contributed by atoms with van der Waals surface area (Å²) in [6.45, 7) is 7.32. The zero-order chi connectivity index (χ0) is 21.0.